The van der Waals surface area contributed by atoms with Gasteiger partial charge >= 0.3 is 0 Å². The predicted molar refractivity (Wildman–Crippen MR) is 91.2 cm³/mol. The smallest absolute Gasteiger partial charge is 0.269 e. The fourth-order valence-corrected chi connectivity index (χ4v) is 2.76. The summed E-state index contributed by atoms with van der Waals surface area (Å²) >= 11 is 6.65. The number of aliphatic hydroxyl groups excluding tert-OH is 1. The first-order valence-electron chi connectivity index (χ1n) is 6.52. The molecule has 0 aliphatic heterocycles. The van der Waals surface area contributed by atoms with Crippen molar-refractivity contribution in [3.63, 3.8) is 0 Å². The van der Waals surface area contributed by atoms with Gasteiger partial charge in [0.15, 0.2) is 0 Å². The van der Waals surface area contributed by atoms with E-state index in [1.165, 1.54) is 24.3 Å². The van der Waals surface area contributed by atoms with Crippen molar-refractivity contribution in [2.45, 2.75) is 6.10 Å². The van der Waals surface area contributed by atoms with Crippen molar-refractivity contribution in [3.05, 3.63) is 60.8 Å². The Hall–Kier alpha value is -1.71. The molecule has 1 unspecified atom stereocenters. The second-order valence-electron chi connectivity index (χ2n) is 4.80. The van der Waals surface area contributed by atoms with Crippen LogP contribution in [0.5, 0.6) is 0 Å². The number of hydrogen-bond acceptors (Lipinski definition) is 4. The minimum atomic E-state index is -0.952. The van der Waals surface area contributed by atoms with E-state index in [0.717, 1.165) is 9.08 Å². The molecule has 23 heavy (non-hydrogen) atoms. The second-order valence-corrected chi connectivity index (χ2v) is 6.41. The number of carbonyl (C=O) groups is 1. The maximum Gasteiger partial charge on any atom is 0.269 e. The molecule has 0 aliphatic carbocycles. The molecule has 1 atom stereocenters. The van der Waals surface area contributed by atoms with E-state index >= 15 is 0 Å². The van der Waals surface area contributed by atoms with E-state index < -0.39 is 11.0 Å². The summed E-state index contributed by atoms with van der Waals surface area (Å²) in [5.41, 5.74) is 0.869. The van der Waals surface area contributed by atoms with Crippen molar-refractivity contribution >= 4 is 43.5 Å². The molecular formula is C14H13Br2N3O4. The lowest BCUT2D eigenvalue weighted by atomic mass is 10.1. The van der Waals surface area contributed by atoms with Gasteiger partial charge in [-0.05, 0) is 55.6 Å². The molecule has 1 heterocycles. The molecule has 1 aromatic heterocycles. The first-order chi connectivity index (χ1) is 10.8. The zero-order chi connectivity index (χ0) is 17.1. The summed E-state index contributed by atoms with van der Waals surface area (Å²) in [4.78, 5) is 22.2. The van der Waals surface area contributed by atoms with Gasteiger partial charge in [0.05, 0.1) is 20.1 Å². The van der Waals surface area contributed by atoms with Gasteiger partial charge in [-0.1, -0.05) is 0 Å². The molecule has 0 spiro atoms. The van der Waals surface area contributed by atoms with Crippen LogP contribution in [0, 0.1) is 10.1 Å². The summed E-state index contributed by atoms with van der Waals surface area (Å²) in [6, 6.07) is 7.21. The summed E-state index contributed by atoms with van der Waals surface area (Å²) in [5.74, 6) is -0.333. The number of rotatable bonds is 5. The van der Waals surface area contributed by atoms with Gasteiger partial charge in [0.25, 0.3) is 11.6 Å². The molecule has 7 nitrogen and oxygen atoms in total. The number of carbonyl (C=O) groups excluding carboxylic acids is 1. The highest BCUT2D eigenvalue weighted by Gasteiger charge is 2.17. The van der Waals surface area contributed by atoms with Crippen molar-refractivity contribution in [2.75, 3.05) is 6.54 Å². The maximum atomic E-state index is 12.1. The van der Waals surface area contributed by atoms with Crippen molar-refractivity contribution in [1.29, 1.82) is 0 Å². The molecule has 1 aromatic carbocycles. The molecule has 0 saturated heterocycles. The van der Waals surface area contributed by atoms with Gasteiger partial charge in [-0.3, -0.25) is 14.9 Å². The van der Waals surface area contributed by atoms with Gasteiger partial charge in [-0.15, -0.1) is 0 Å². The van der Waals surface area contributed by atoms with Gasteiger partial charge in [-0.25, -0.2) is 0 Å². The lowest BCUT2D eigenvalue weighted by molar-refractivity contribution is -0.384. The van der Waals surface area contributed by atoms with Crippen molar-refractivity contribution in [1.82, 2.24) is 9.88 Å². The lowest BCUT2D eigenvalue weighted by Crippen LogP contribution is -2.29. The number of nitro benzene ring substituents is 1. The summed E-state index contributed by atoms with van der Waals surface area (Å²) < 4.78 is 3.15. The van der Waals surface area contributed by atoms with Crippen LogP contribution in [0.1, 0.15) is 22.2 Å². The lowest BCUT2D eigenvalue weighted by Gasteiger charge is -2.12. The fourth-order valence-electron chi connectivity index (χ4n) is 1.98. The molecule has 2 N–H and O–H groups in total. The van der Waals surface area contributed by atoms with E-state index in [1.807, 2.05) is 0 Å². The summed E-state index contributed by atoms with van der Waals surface area (Å²) in [6.45, 7) is -0.00291. The van der Waals surface area contributed by atoms with Crippen LogP contribution in [0.4, 0.5) is 5.69 Å². The number of aromatic nitrogens is 1. The Morgan fingerprint density at radius 3 is 2.48 bits per heavy atom. The van der Waals surface area contributed by atoms with Crippen LogP contribution in [0.25, 0.3) is 0 Å². The minimum Gasteiger partial charge on any atom is -0.387 e. The topological polar surface area (TPSA) is 97.4 Å². The van der Waals surface area contributed by atoms with Crippen LogP contribution in [-0.4, -0.2) is 27.0 Å². The molecule has 122 valence electrons. The molecule has 2 rings (SSSR count). The number of aliphatic hydroxyl groups is 1. The van der Waals surface area contributed by atoms with E-state index in [4.69, 9.17) is 0 Å². The number of nitrogens with one attached hydrogen (secondary N) is 1. The predicted octanol–water partition coefficient (Wildman–Crippen LogP) is 2.92. The SMILES string of the molecule is Cn1c(C(=O)NCC(O)c2ccc([N+](=O)[O-])cc2)cc(Br)c1Br. The Balaban J connectivity index is 2.00. The standard InChI is InChI=1S/C14H13Br2N3O4/c1-18-11(6-10(15)13(18)16)14(21)17-7-12(20)8-2-4-9(5-3-8)19(22)23/h2-6,12,20H,7H2,1H3,(H,17,21). The number of non-ortho nitro benzene ring substituents is 1. The number of amides is 1. The first kappa shape index (κ1) is 17.6. The maximum absolute atomic E-state index is 12.1. The van der Waals surface area contributed by atoms with Crippen molar-refractivity contribution < 1.29 is 14.8 Å². The zero-order valence-electron chi connectivity index (χ0n) is 12.0. The molecule has 9 heteroatoms. The molecular weight excluding hydrogens is 434 g/mol. The molecule has 1 amide bonds. The summed E-state index contributed by atoms with van der Waals surface area (Å²) in [5, 5.41) is 23.3. The third kappa shape index (κ3) is 3.98. The molecule has 0 radical (unpaired) electrons. The molecule has 0 saturated carbocycles. The largest absolute Gasteiger partial charge is 0.387 e. The van der Waals surface area contributed by atoms with E-state index in [-0.39, 0.29) is 18.1 Å². The minimum absolute atomic E-state index is 0.00291. The Bertz CT molecular complexity index is 743. The van der Waals surface area contributed by atoms with Gasteiger partial charge in [-0.2, -0.15) is 0 Å². The number of nitrogens with zero attached hydrogens (tertiary/aromatic N) is 2. The van der Waals surface area contributed by atoms with Crippen LogP contribution >= 0.6 is 31.9 Å². The number of benzene rings is 1. The highest BCUT2D eigenvalue weighted by molar-refractivity contribution is 9.13. The van der Waals surface area contributed by atoms with E-state index in [1.54, 1.807) is 17.7 Å². The molecule has 2 aromatic rings. The fraction of sp³-hybridized carbons (Fsp3) is 0.214. The van der Waals surface area contributed by atoms with Gasteiger partial charge in [0.2, 0.25) is 0 Å². The van der Waals surface area contributed by atoms with E-state index in [9.17, 15) is 20.0 Å². The van der Waals surface area contributed by atoms with E-state index in [0.29, 0.717) is 11.3 Å². The molecule has 0 aliphatic rings. The van der Waals surface area contributed by atoms with Gasteiger partial charge in [0.1, 0.15) is 5.69 Å². The van der Waals surface area contributed by atoms with Crippen LogP contribution in [0.2, 0.25) is 0 Å². The third-order valence-electron chi connectivity index (χ3n) is 3.29. The van der Waals surface area contributed by atoms with Gasteiger partial charge < -0.3 is 15.0 Å². The highest BCUT2D eigenvalue weighted by atomic mass is 79.9. The highest BCUT2D eigenvalue weighted by Crippen LogP contribution is 2.26. The Morgan fingerprint density at radius 1 is 1.39 bits per heavy atom. The van der Waals surface area contributed by atoms with E-state index in [2.05, 4.69) is 37.2 Å². The van der Waals surface area contributed by atoms with Crippen LogP contribution in [0.15, 0.2) is 39.4 Å². The Labute approximate surface area is 148 Å². The monoisotopic (exact) mass is 445 g/mol. The summed E-state index contributed by atoms with van der Waals surface area (Å²) in [6.07, 6.45) is -0.952. The normalized spacial score (nSPS) is 12.0. The second kappa shape index (κ2) is 7.24. The number of nitro groups is 1. The average Bonchev–Trinajstić information content (AvgIpc) is 2.80. The van der Waals surface area contributed by atoms with Gasteiger partial charge in [0, 0.05) is 25.7 Å². The quantitative estimate of drug-likeness (QED) is 0.545. The third-order valence-corrected chi connectivity index (χ3v) is 5.39. The first-order valence-corrected chi connectivity index (χ1v) is 8.11. The Kier molecular flexibility index (Phi) is 5.55. The van der Waals surface area contributed by atoms with Crippen molar-refractivity contribution in [3.8, 4) is 0 Å². The molecule has 0 fully saturated rings. The average molecular weight is 447 g/mol. The Morgan fingerprint density at radius 2 is 2.00 bits per heavy atom. The van der Waals surface area contributed by atoms with Crippen LogP contribution < -0.4 is 5.32 Å². The zero-order valence-corrected chi connectivity index (χ0v) is 15.2. The van der Waals surface area contributed by atoms with Crippen LogP contribution in [-0.2, 0) is 7.05 Å². The molecule has 0 bridgehead atoms. The van der Waals surface area contributed by atoms with Crippen molar-refractivity contribution in [2.24, 2.45) is 7.05 Å². The number of hydrogen-bond donors (Lipinski definition) is 2. The van der Waals surface area contributed by atoms with Crippen LogP contribution in [0.3, 0.4) is 0 Å². The number of halogens is 2. The summed E-state index contributed by atoms with van der Waals surface area (Å²) in [7, 11) is 1.73.